The van der Waals surface area contributed by atoms with E-state index in [0.29, 0.717) is 17.2 Å². The van der Waals surface area contributed by atoms with E-state index in [1.165, 1.54) is 5.56 Å². The zero-order valence-corrected chi connectivity index (χ0v) is 16.7. The zero-order valence-electron chi connectivity index (χ0n) is 15.1. The third-order valence-electron chi connectivity index (χ3n) is 4.13. The minimum Gasteiger partial charge on any atom is -0.483 e. The number of ether oxygens (including phenoxy) is 1. The van der Waals surface area contributed by atoms with Gasteiger partial charge in [0.2, 0.25) is 0 Å². The van der Waals surface area contributed by atoms with E-state index in [4.69, 9.17) is 4.74 Å². The summed E-state index contributed by atoms with van der Waals surface area (Å²) < 4.78 is 6.31. The number of hydrogen-bond acceptors (Lipinski definition) is 3. The van der Waals surface area contributed by atoms with Crippen LogP contribution in [0.5, 0.6) is 5.75 Å². The first-order valence-electron chi connectivity index (χ1n) is 8.48. The van der Waals surface area contributed by atoms with Crippen molar-refractivity contribution in [3.63, 3.8) is 0 Å². The van der Waals surface area contributed by atoms with Gasteiger partial charge in [-0.25, -0.2) is 0 Å². The van der Waals surface area contributed by atoms with Crippen molar-refractivity contribution in [3.8, 4) is 5.75 Å². The number of hydrazine groups is 1. The van der Waals surface area contributed by atoms with Crippen LogP contribution in [0.3, 0.4) is 0 Å². The second kappa shape index (κ2) is 9.38. The van der Waals surface area contributed by atoms with Gasteiger partial charge in [-0.05, 0) is 65.0 Å². The number of amides is 2. The number of carbonyl (C=O) groups excluding carboxylic acids is 2. The molecule has 0 heterocycles. The number of halogens is 1. The van der Waals surface area contributed by atoms with Crippen LogP contribution in [0.1, 0.15) is 47.7 Å². The molecule has 0 bridgehead atoms. The molecule has 26 heavy (non-hydrogen) atoms. The quantitative estimate of drug-likeness (QED) is 0.693. The van der Waals surface area contributed by atoms with Crippen LogP contribution in [0.4, 0.5) is 0 Å². The lowest BCUT2D eigenvalue weighted by atomic mass is 9.99. The fourth-order valence-electron chi connectivity index (χ4n) is 2.26. The van der Waals surface area contributed by atoms with Gasteiger partial charge in [0.1, 0.15) is 5.75 Å². The van der Waals surface area contributed by atoms with Gasteiger partial charge in [-0.2, -0.15) is 0 Å². The summed E-state index contributed by atoms with van der Waals surface area (Å²) in [4.78, 5) is 23.8. The van der Waals surface area contributed by atoms with Crippen LogP contribution in [0.2, 0.25) is 0 Å². The molecule has 1 unspecified atom stereocenters. The normalized spacial score (nSPS) is 11.5. The Labute approximate surface area is 162 Å². The molecule has 2 amide bonds. The molecule has 0 aromatic heterocycles. The molecule has 5 nitrogen and oxygen atoms in total. The highest BCUT2D eigenvalue weighted by molar-refractivity contribution is 9.10. The highest BCUT2D eigenvalue weighted by atomic mass is 79.9. The molecule has 6 heteroatoms. The molecule has 2 aromatic carbocycles. The number of rotatable bonds is 6. The van der Waals surface area contributed by atoms with Crippen LogP contribution >= 0.6 is 15.9 Å². The van der Waals surface area contributed by atoms with Crippen LogP contribution in [0.25, 0.3) is 0 Å². The number of hydrogen-bond donors (Lipinski definition) is 2. The standard InChI is InChI=1S/C20H23BrN2O3/c1-4-14(3)16-9-10-18(17(21)11-16)26-12-19(24)22-23-20(25)15-7-5-13(2)6-8-15/h5-11,14H,4,12H2,1-3H3,(H,22,24)(H,23,25). The van der Waals surface area contributed by atoms with E-state index in [2.05, 4.69) is 40.6 Å². The van der Waals surface area contributed by atoms with E-state index in [1.807, 2.05) is 37.3 Å². The number of nitrogens with one attached hydrogen (secondary N) is 2. The molecule has 138 valence electrons. The first-order valence-corrected chi connectivity index (χ1v) is 9.28. The zero-order chi connectivity index (χ0) is 19.1. The van der Waals surface area contributed by atoms with Gasteiger partial charge in [-0.3, -0.25) is 20.4 Å². The fraction of sp³-hybridized carbons (Fsp3) is 0.300. The molecule has 0 aliphatic carbocycles. The molecule has 0 aliphatic rings. The summed E-state index contributed by atoms with van der Waals surface area (Å²) in [6.45, 7) is 6.04. The van der Waals surface area contributed by atoms with Crippen LogP contribution in [-0.4, -0.2) is 18.4 Å². The summed E-state index contributed by atoms with van der Waals surface area (Å²) >= 11 is 3.47. The van der Waals surface area contributed by atoms with Crippen LogP contribution in [-0.2, 0) is 4.79 Å². The lowest BCUT2D eigenvalue weighted by Gasteiger charge is -2.13. The molecule has 2 aromatic rings. The molecule has 0 aliphatic heterocycles. The molecule has 0 saturated carbocycles. The van der Waals surface area contributed by atoms with Crippen molar-refractivity contribution in [2.45, 2.75) is 33.1 Å². The largest absolute Gasteiger partial charge is 0.483 e. The van der Waals surface area contributed by atoms with E-state index in [0.717, 1.165) is 16.5 Å². The Morgan fingerprint density at radius 3 is 2.42 bits per heavy atom. The summed E-state index contributed by atoms with van der Waals surface area (Å²) in [5.41, 5.74) is 7.46. The van der Waals surface area contributed by atoms with Gasteiger partial charge in [0.15, 0.2) is 6.61 Å². The second-order valence-electron chi connectivity index (χ2n) is 6.16. The lowest BCUT2D eigenvalue weighted by Crippen LogP contribution is -2.43. The predicted molar refractivity (Wildman–Crippen MR) is 105 cm³/mol. The van der Waals surface area contributed by atoms with Crippen LogP contribution in [0, 0.1) is 6.92 Å². The fourth-order valence-corrected chi connectivity index (χ4v) is 2.77. The highest BCUT2D eigenvalue weighted by Crippen LogP contribution is 2.29. The van der Waals surface area contributed by atoms with Gasteiger partial charge < -0.3 is 4.74 Å². The molecule has 0 fully saturated rings. The van der Waals surface area contributed by atoms with E-state index < -0.39 is 5.91 Å². The Hall–Kier alpha value is -2.34. The first kappa shape index (κ1) is 20.0. The van der Waals surface area contributed by atoms with E-state index >= 15 is 0 Å². The first-order chi connectivity index (χ1) is 12.4. The van der Waals surface area contributed by atoms with Crippen LogP contribution in [0.15, 0.2) is 46.9 Å². The number of benzene rings is 2. The molecule has 0 spiro atoms. The van der Waals surface area contributed by atoms with Gasteiger partial charge in [0.25, 0.3) is 11.8 Å². The third kappa shape index (κ3) is 5.59. The Morgan fingerprint density at radius 2 is 1.81 bits per heavy atom. The lowest BCUT2D eigenvalue weighted by molar-refractivity contribution is -0.123. The summed E-state index contributed by atoms with van der Waals surface area (Å²) in [5.74, 6) is 0.221. The van der Waals surface area contributed by atoms with Gasteiger partial charge in [-0.1, -0.05) is 37.6 Å². The van der Waals surface area contributed by atoms with Crippen molar-refractivity contribution < 1.29 is 14.3 Å². The Kier molecular flexibility index (Phi) is 7.21. The molecular weight excluding hydrogens is 396 g/mol. The monoisotopic (exact) mass is 418 g/mol. The van der Waals surface area contributed by atoms with E-state index in [1.54, 1.807) is 12.1 Å². The molecule has 0 saturated heterocycles. The maximum atomic E-state index is 11.9. The third-order valence-corrected chi connectivity index (χ3v) is 4.75. The SMILES string of the molecule is CCC(C)c1ccc(OCC(=O)NNC(=O)c2ccc(C)cc2)c(Br)c1. The van der Waals surface area contributed by atoms with Gasteiger partial charge in [0.05, 0.1) is 4.47 Å². The van der Waals surface area contributed by atoms with Gasteiger partial charge >= 0.3 is 0 Å². The van der Waals surface area contributed by atoms with Crippen molar-refractivity contribution in [1.82, 2.24) is 10.9 Å². The molecule has 0 radical (unpaired) electrons. The molecule has 1 atom stereocenters. The van der Waals surface area contributed by atoms with E-state index in [9.17, 15) is 9.59 Å². The summed E-state index contributed by atoms with van der Waals surface area (Å²) in [7, 11) is 0. The van der Waals surface area contributed by atoms with Gasteiger partial charge in [0, 0.05) is 5.56 Å². The van der Waals surface area contributed by atoms with Crippen molar-refractivity contribution in [2.75, 3.05) is 6.61 Å². The maximum Gasteiger partial charge on any atom is 0.276 e. The summed E-state index contributed by atoms with van der Waals surface area (Å²) in [6, 6.07) is 12.9. The average Bonchev–Trinajstić information content (AvgIpc) is 2.64. The summed E-state index contributed by atoms with van der Waals surface area (Å²) in [6.07, 6.45) is 1.05. The topological polar surface area (TPSA) is 67.4 Å². The van der Waals surface area contributed by atoms with E-state index in [-0.39, 0.29) is 12.5 Å². The molecule has 2 N–H and O–H groups in total. The smallest absolute Gasteiger partial charge is 0.276 e. The minimum absolute atomic E-state index is 0.199. The number of carbonyl (C=O) groups is 2. The van der Waals surface area contributed by atoms with Crippen molar-refractivity contribution in [3.05, 3.63) is 63.6 Å². The Balaban J connectivity index is 1.83. The minimum atomic E-state index is -0.441. The second-order valence-corrected chi connectivity index (χ2v) is 7.01. The molecular formula is C20H23BrN2O3. The Morgan fingerprint density at radius 1 is 1.12 bits per heavy atom. The predicted octanol–water partition coefficient (Wildman–Crippen LogP) is 4.11. The van der Waals surface area contributed by atoms with Crippen molar-refractivity contribution in [1.29, 1.82) is 0 Å². The van der Waals surface area contributed by atoms with Crippen molar-refractivity contribution in [2.24, 2.45) is 0 Å². The van der Waals surface area contributed by atoms with Crippen molar-refractivity contribution >= 4 is 27.7 Å². The Bertz CT molecular complexity index is 775. The molecule has 2 rings (SSSR count). The van der Waals surface area contributed by atoms with Crippen LogP contribution < -0.4 is 15.6 Å². The highest BCUT2D eigenvalue weighted by Gasteiger charge is 2.10. The number of aryl methyl sites for hydroxylation is 1. The summed E-state index contributed by atoms with van der Waals surface area (Å²) in [5, 5.41) is 0. The average molecular weight is 419 g/mol. The maximum absolute atomic E-state index is 11.9. The van der Waals surface area contributed by atoms with Gasteiger partial charge in [-0.15, -0.1) is 0 Å².